The van der Waals surface area contributed by atoms with Crippen molar-refractivity contribution in [2.45, 2.75) is 18.9 Å². The summed E-state index contributed by atoms with van der Waals surface area (Å²) < 4.78 is 18.0. The zero-order chi connectivity index (χ0) is 14.7. The van der Waals surface area contributed by atoms with E-state index in [0.717, 1.165) is 18.9 Å². The summed E-state index contributed by atoms with van der Waals surface area (Å²) in [6, 6.07) is 2.31. The molecular formula is C13H15FN2O4. The Bertz CT molecular complexity index is 531. The summed E-state index contributed by atoms with van der Waals surface area (Å²) in [5.74, 6) is -1.61. The molecule has 0 aromatic heterocycles. The SMILES string of the molecule is COc1cc(NC(=O)NC(C(=O)O)C2CC2)ccc1F. The lowest BCUT2D eigenvalue weighted by Gasteiger charge is -2.14. The second-order valence-corrected chi connectivity index (χ2v) is 4.60. The number of anilines is 1. The first-order valence-corrected chi connectivity index (χ1v) is 6.15. The summed E-state index contributed by atoms with van der Waals surface area (Å²) >= 11 is 0. The van der Waals surface area contributed by atoms with Crippen LogP contribution in [-0.2, 0) is 4.79 Å². The third-order valence-corrected chi connectivity index (χ3v) is 3.06. The van der Waals surface area contributed by atoms with Gasteiger partial charge < -0.3 is 20.5 Å². The van der Waals surface area contributed by atoms with Gasteiger partial charge in [0.05, 0.1) is 7.11 Å². The van der Waals surface area contributed by atoms with Gasteiger partial charge in [0.2, 0.25) is 0 Å². The number of amides is 2. The molecule has 6 nitrogen and oxygen atoms in total. The monoisotopic (exact) mass is 282 g/mol. The van der Waals surface area contributed by atoms with E-state index >= 15 is 0 Å². The van der Waals surface area contributed by atoms with Crippen molar-refractivity contribution in [3.05, 3.63) is 24.0 Å². The molecule has 1 unspecified atom stereocenters. The van der Waals surface area contributed by atoms with Gasteiger partial charge in [-0.05, 0) is 30.9 Å². The van der Waals surface area contributed by atoms with Crippen molar-refractivity contribution < 1.29 is 23.8 Å². The molecule has 1 aliphatic rings. The molecule has 20 heavy (non-hydrogen) atoms. The molecule has 1 fully saturated rings. The van der Waals surface area contributed by atoms with Crippen molar-refractivity contribution >= 4 is 17.7 Å². The smallest absolute Gasteiger partial charge is 0.326 e. The van der Waals surface area contributed by atoms with E-state index in [9.17, 15) is 14.0 Å². The van der Waals surface area contributed by atoms with E-state index in [4.69, 9.17) is 9.84 Å². The Labute approximate surface area is 114 Å². The quantitative estimate of drug-likeness (QED) is 0.768. The van der Waals surface area contributed by atoms with Gasteiger partial charge in [-0.2, -0.15) is 0 Å². The summed E-state index contributed by atoms with van der Waals surface area (Å²) in [6.07, 6.45) is 1.59. The molecule has 2 rings (SSSR count). The van der Waals surface area contributed by atoms with Crippen LogP contribution in [0.1, 0.15) is 12.8 Å². The molecule has 3 N–H and O–H groups in total. The summed E-state index contributed by atoms with van der Waals surface area (Å²) in [5.41, 5.74) is 0.320. The fourth-order valence-corrected chi connectivity index (χ4v) is 1.86. The number of carboxylic acids is 1. The molecule has 1 saturated carbocycles. The minimum Gasteiger partial charge on any atom is -0.494 e. The zero-order valence-electron chi connectivity index (χ0n) is 10.9. The number of benzene rings is 1. The van der Waals surface area contributed by atoms with Crippen LogP contribution in [0.3, 0.4) is 0 Å². The summed E-state index contributed by atoms with van der Waals surface area (Å²) in [7, 11) is 1.32. The maximum absolute atomic E-state index is 13.2. The third kappa shape index (κ3) is 3.37. The van der Waals surface area contributed by atoms with Gasteiger partial charge in [-0.25, -0.2) is 14.0 Å². The van der Waals surface area contributed by atoms with Crippen LogP contribution in [0.25, 0.3) is 0 Å². The second-order valence-electron chi connectivity index (χ2n) is 4.60. The first-order chi connectivity index (χ1) is 9.51. The maximum Gasteiger partial charge on any atom is 0.326 e. The Balaban J connectivity index is 1.98. The van der Waals surface area contributed by atoms with Crippen LogP contribution in [0.2, 0.25) is 0 Å². The molecule has 1 aromatic rings. The van der Waals surface area contributed by atoms with Gasteiger partial charge >= 0.3 is 12.0 Å². The molecule has 1 aromatic carbocycles. The predicted molar refractivity (Wildman–Crippen MR) is 69.3 cm³/mol. The van der Waals surface area contributed by atoms with Gasteiger partial charge in [-0.15, -0.1) is 0 Å². The highest BCUT2D eigenvalue weighted by Crippen LogP contribution is 2.32. The highest BCUT2D eigenvalue weighted by atomic mass is 19.1. The lowest BCUT2D eigenvalue weighted by atomic mass is 10.2. The predicted octanol–water partition coefficient (Wildman–Crippen LogP) is 1.82. The zero-order valence-corrected chi connectivity index (χ0v) is 10.9. The van der Waals surface area contributed by atoms with Gasteiger partial charge in [0, 0.05) is 11.8 Å². The molecule has 1 atom stereocenters. The Morgan fingerprint density at radius 3 is 2.70 bits per heavy atom. The Hall–Kier alpha value is -2.31. The molecule has 108 valence electrons. The van der Waals surface area contributed by atoms with Gasteiger partial charge in [0.1, 0.15) is 6.04 Å². The molecule has 0 bridgehead atoms. The van der Waals surface area contributed by atoms with Crippen LogP contribution in [-0.4, -0.2) is 30.3 Å². The Morgan fingerprint density at radius 1 is 1.45 bits per heavy atom. The number of carbonyl (C=O) groups excluding carboxylic acids is 1. The molecule has 0 radical (unpaired) electrons. The number of rotatable bonds is 5. The van der Waals surface area contributed by atoms with E-state index in [-0.39, 0.29) is 11.7 Å². The van der Waals surface area contributed by atoms with Crippen LogP contribution in [0, 0.1) is 11.7 Å². The summed E-state index contributed by atoms with van der Waals surface area (Å²) in [4.78, 5) is 22.7. The number of hydrogen-bond acceptors (Lipinski definition) is 3. The largest absolute Gasteiger partial charge is 0.494 e. The highest BCUT2D eigenvalue weighted by Gasteiger charge is 2.37. The van der Waals surface area contributed by atoms with Crippen molar-refractivity contribution in [3.8, 4) is 5.75 Å². The van der Waals surface area contributed by atoms with Crippen molar-refractivity contribution in [1.82, 2.24) is 5.32 Å². The standard InChI is InChI=1S/C13H15FN2O4/c1-20-10-6-8(4-5-9(10)14)15-13(19)16-11(12(17)18)7-2-3-7/h4-7,11H,2-3H2,1H3,(H,17,18)(H2,15,16,19). The van der Waals surface area contributed by atoms with Gasteiger partial charge in [-0.3, -0.25) is 0 Å². The fraction of sp³-hybridized carbons (Fsp3) is 0.385. The average molecular weight is 282 g/mol. The van der Waals surface area contributed by atoms with Crippen LogP contribution >= 0.6 is 0 Å². The average Bonchev–Trinajstić information content (AvgIpc) is 3.22. The maximum atomic E-state index is 13.2. The number of nitrogens with one attached hydrogen (secondary N) is 2. The lowest BCUT2D eigenvalue weighted by molar-refractivity contribution is -0.139. The van der Waals surface area contributed by atoms with Crippen LogP contribution in [0.15, 0.2) is 18.2 Å². The van der Waals surface area contributed by atoms with E-state index in [2.05, 4.69) is 10.6 Å². The molecule has 0 aliphatic heterocycles. The minimum absolute atomic E-state index is 0.000206. The van der Waals surface area contributed by atoms with E-state index in [1.807, 2.05) is 0 Å². The number of carboxylic acid groups (broad SMARTS) is 1. The Morgan fingerprint density at radius 2 is 2.15 bits per heavy atom. The van der Waals surface area contributed by atoms with Gasteiger partial charge in [0.15, 0.2) is 11.6 Å². The normalized spacial score (nSPS) is 15.3. The molecule has 7 heteroatoms. The topological polar surface area (TPSA) is 87.7 Å². The Kier molecular flexibility index (Phi) is 4.07. The second kappa shape index (κ2) is 5.77. The molecule has 0 saturated heterocycles. The first-order valence-electron chi connectivity index (χ1n) is 6.15. The van der Waals surface area contributed by atoms with Crippen molar-refractivity contribution in [3.63, 3.8) is 0 Å². The highest BCUT2D eigenvalue weighted by molar-refractivity contribution is 5.92. The molecule has 0 spiro atoms. The first kappa shape index (κ1) is 14.1. The molecule has 0 heterocycles. The molecule has 1 aliphatic carbocycles. The van der Waals surface area contributed by atoms with Crippen LogP contribution in [0.4, 0.5) is 14.9 Å². The number of ether oxygens (including phenoxy) is 1. The number of halogens is 1. The van der Waals surface area contributed by atoms with Crippen molar-refractivity contribution in [2.75, 3.05) is 12.4 Å². The van der Waals surface area contributed by atoms with Crippen molar-refractivity contribution in [1.29, 1.82) is 0 Å². The van der Waals surface area contributed by atoms with Crippen molar-refractivity contribution in [2.24, 2.45) is 5.92 Å². The number of hydrogen-bond donors (Lipinski definition) is 3. The number of aliphatic carboxylic acids is 1. The van der Waals surface area contributed by atoms with E-state index in [0.29, 0.717) is 5.69 Å². The summed E-state index contributed by atoms with van der Waals surface area (Å²) in [6.45, 7) is 0. The van der Waals surface area contributed by atoms with Crippen LogP contribution in [0.5, 0.6) is 5.75 Å². The molecular weight excluding hydrogens is 267 g/mol. The third-order valence-electron chi connectivity index (χ3n) is 3.06. The summed E-state index contributed by atoms with van der Waals surface area (Å²) in [5, 5.41) is 13.9. The van der Waals surface area contributed by atoms with E-state index in [1.54, 1.807) is 0 Å². The van der Waals surface area contributed by atoms with Crippen LogP contribution < -0.4 is 15.4 Å². The molecule has 2 amide bonds. The van der Waals surface area contributed by atoms with E-state index < -0.39 is 23.9 Å². The fourth-order valence-electron chi connectivity index (χ4n) is 1.86. The number of urea groups is 1. The number of carbonyl (C=O) groups is 2. The minimum atomic E-state index is -1.06. The van der Waals surface area contributed by atoms with Gasteiger partial charge in [0.25, 0.3) is 0 Å². The van der Waals surface area contributed by atoms with E-state index in [1.165, 1.54) is 19.2 Å². The number of methoxy groups -OCH3 is 1. The lowest BCUT2D eigenvalue weighted by Crippen LogP contribution is -2.44. The van der Waals surface area contributed by atoms with Gasteiger partial charge in [-0.1, -0.05) is 0 Å².